The van der Waals surface area contributed by atoms with Crippen LogP contribution in [0.2, 0.25) is 0 Å². The van der Waals surface area contributed by atoms with Crippen molar-refractivity contribution in [2.45, 2.75) is 51.3 Å². The first-order valence-corrected chi connectivity index (χ1v) is 6.48. The maximum Gasteiger partial charge on any atom is 0.0376 e. The molecule has 1 nitrogen and oxygen atoms in total. The molecule has 2 atom stereocenters. The molecule has 0 saturated heterocycles. The van der Waals surface area contributed by atoms with Crippen LogP contribution in [0.5, 0.6) is 0 Å². The third kappa shape index (κ3) is 4.65. The number of hydrogen-bond donors (Lipinski definition) is 1. The van der Waals surface area contributed by atoms with Gasteiger partial charge in [-0.2, -0.15) is 0 Å². The van der Waals surface area contributed by atoms with Crippen LogP contribution in [0.15, 0.2) is 0 Å². The van der Waals surface area contributed by atoms with E-state index in [1.54, 1.807) is 0 Å². The van der Waals surface area contributed by atoms with Crippen LogP contribution in [-0.2, 0) is 0 Å². The van der Waals surface area contributed by atoms with Gasteiger partial charge >= 0.3 is 0 Å². The minimum atomic E-state index is 0.438. The Balaban J connectivity index is 1.93. The number of halogens is 1. The quantitative estimate of drug-likeness (QED) is 0.531. The van der Waals surface area contributed by atoms with Gasteiger partial charge in [-0.15, -0.1) is 11.6 Å². The number of alkyl halides is 1. The maximum absolute atomic E-state index is 6.20. The van der Waals surface area contributed by atoms with Crippen molar-refractivity contribution < 1.29 is 0 Å². The Kier molecular flexibility index (Phi) is 5.88. The molecule has 1 N–H and O–H groups in total. The van der Waals surface area contributed by atoms with E-state index >= 15 is 0 Å². The zero-order chi connectivity index (χ0) is 10.4. The van der Waals surface area contributed by atoms with Crippen LogP contribution in [0, 0.1) is 11.8 Å². The van der Waals surface area contributed by atoms with E-state index in [1.807, 2.05) is 0 Å². The highest BCUT2D eigenvalue weighted by Crippen LogP contribution is 2.29. The molecule has 84 valence electrons. The van der Waals surface area contributed by atoms with Crippen molar-refractivity contribution in [1.82, 2.24) is 5.32 Å². The summed E-state index contributed by atoms with van der Waals surface area (Å²) >= 11 is 6.20. The standard InChI is InChI=1S/C12H24ClN/c1-10(2)5-4-8-14-9-11-6-3-7-12(11)13/h10-12,14H,3-9H2,1-2H3. The summed E-state index contributed by atoms with van der Waals surface area (Å²) in [4.78, 5) is 0. The van der Waals surface area contributed by atoms with E-state index in [9.17, 15) is 0 Å². The van der Waals surface area contributed by atoms with Crippen LogP contribution in [0.25, 0.3) is 0 Å². The fourth-order valence-corrected chi connectivity index (χ4v) is 2.51. The van der Waals surface area contributed by atoms with Gasteiger partial charge in [0.2, 0.25) is 0 Å². The lowest BCUT2D eigenvalue weighted by molar-refractivity contribution is 0.469. The molecule has 0 bridgehead atoms. The third-order valence-electron chi connectivity index (χ3n) is 3.11. The van der Waals surface area contributed by atoms with Crippen molar-refractivity contribution in [1.29, 1.82) is 0 Å². The topological polar surface area (TPSA) is 12.0 Å². The predicted molar refractivity (Wildman–Crippen MR) is 63.9 cm³/mol. The van der Waals surface area contributed by atoms with Crippen LogP contribution in [-0.4, -0.2) is 18.5 Å². The van der Waals surface area contributed by atoms with Crippen molar-refractivity contribution in [3.63, 3.8) is 0 Å². The Bertz CT molecular complexity index is 147. The SMILES string of the molecule is CC(C)CCCNCC1CCCC1Cl. The summed E-state index contributed by atoms with van der Waals surface area (Å²) in [7, 11) is 0. The first kappa shape index (κ1) is 12.3. The van der Waals surface area contributed by atoms with E-state index < -0.39 is 0 Å². The molecule has 0 aliphatic heterocycles. The summed E-state index contributed by atoms with van der Waals surface area (Å²) in [6.07, 6.45) is 6.51. The fourth-order valence-electron chi connectivity index (χ4n) is 2.14. The summed E-state index contributed by atoms with van der Waals surface area (Å²) in [5, 5.41) is 3.97. The molecule has 14 heavy (non-hydrogen) atoms. The predicted octanol–water partition coefficient (Wildman–Crippen LogP) is 3.42. The molecule has 0 aromatic heterocycles. The summed E-state index contributed by atoms with van der Waals surface area (Å²) in [6.45, 7) is 6.86. The largest absolute Gasteiger partial charge is 0.316 e. The first-order valence-electron chi connectivity index (χ1n) is 6.05. The Morgan fingerprint density at radius 2 is 2.14 bits per heavy atom. The highest BCUT2D eigenvalue weighted by Gasteiger charge is 2.24. The van der Waals surface area contributed by atoms with Gasteiger partial charge in [-0.3, -0.25) is 0 Å². The van der Waals surface area contributed by atoms with Crippen molar-refractivity contribution >= 4 is 11.6 Å². The molecule has 0 aromatic rings. The minimum Gasteiger partial charge on any atom is -0.316 e. The molecule has 0 spiro atoms. The molecule has 0 radical (unpaired) electrons. The second-order valence-corrected chi connectivity index (χ2v) is 5.51. The molecule has 0 amide bonds. The smallest absolute Gasteiger partial charge is 0.0376 e. The monoisotopic (exact) mass is 217 g/mol. The maximum atomic E-state index is 6.20. The highest BCUT2D eigenvalue weighted by molar-refractivity contribution is 6.20. The number of hydrogen-bond acceptors (Lipinski definition) is 1. The minimum absolute atomic E-state index is 0.438. The molecule has 1 fully saturated rings. The van der Waals surface area contributed by atoms with Gasteiger partial charge in [0, 0.05) is 5.38 Å². The Morgan fingerprint density at radius 1 is 1.36 bits per heavy atom. The molecule has 1 aliphatic carbocycles. The van der Waals surface area contributed by atoms with E-state index in [0.717, 1.165) is 24.9 Å². The van der Waals surface area contributed by atoms with Gasteiger partial charge in [0.15, 0.2) is 0 Å². The van der Waals surface area contributed by atoms with Crippen molar-refractivity contribution in [2.75, 3.05) is 13.1 Å². The van der Waals surface area contributed by atoms with Crippen LogP contribution >= 0.6 is 11.6 Å². The van der Waals surface area contributed by atoms with Crippen LogP contribution in [0.3, 0.4) is 0 Å². The molecule has 1 aliphatic rings. The molecule has 2 heteroatoms. The molecule has 1 saturated carbocycles. The zero-order valence-electron chi connectivity index (χ0n) is 9.56. The van der Waals surface area contributed by atoms with Gasteiger partial charge in [0.05, 0.1) is 0 Å². The molecule has 2 unspecified atom stereocenters. The van der Waals surface area contributed by atoms with Gasteiger partial charge in [-0.25, -0.2) is 0 Å². The third-order valence-corrected chi connectivity index (χ3v) is 3.68. The number of nitrogens with one attached hydrogen (secondary N) is 1. The van der Waals surface area contributed by atoms with E-state index in [-0.39, 0.29) is 0 Å². The lowest BCUT2D eigenvalue weighted by atomic mass is 10.1. The zero-order valence-corrected chi connectivity index (χ0v) is 10.3. The Morgan fingerprint density at radius 3 is 2.71 bits per heavy atom. The van der Waals surface area contributed by atoms with Gasteiger partial charge in [-0.05, 0) is 50.6 Å². The summed E-state index contributed by atoms with van der Waals surface area (Å²) in [6, 6.07) is 0. The van der Waals surface area contributed by atoms with E-state index in [0.29, 0.717) is 5.38 Å². The first-order chi connectivity index (χ1) is 6.70. The van der Waals surface area contributed by atoms with Crippen molar-refractivity contribution in [2.24, 2.45) is 11.8 Å². The normalized spacial score (nSPS) is 27.4. The van der Waals surface area contributed by atoms with Gasteiger partial charge < -0.3 is 5.32 Å². The van der Waals surface area contributed by atoms with E-state index in [2.05, 4.69) is 19.2 Å². The molecular formula is C12H24ClN. The summed E-state index contributed by atoms with van der Waals surface area (Å²) < 4.78 is 0. The molecule has 1 rings (SSSR count). The fraction of sp³-hybridized carbons (Fsp3) is 1.00. The van der Waals surface area contributed by atoms with Crippen LogP contribution in [0.4, 0.5) is 0 Å². The van der Waals surface area contributed by atoms with E-state index in [4.69, 9.17) is 11.6 Å². The molecular weight excluding hydrogens is 194 g/mol. The molecule has 0 heterocycles. The van der Waals surface area contributed by atoms with Crippen LogP contribution < -0.4 is 5.32 Å². The second-order valence-electron chi connectivity index (χ2n) is 4.95. The second kappa shape index (κ2) is 6.68. The highest BCUT2D eigenvalue weighted by atomic mass is 35.5. The summed E-state index contributed by atoms with van der Waals surface area (Å²) in [5.41, 5.74) is 0. The average Bonchev–Trinajstić information content (AvgIpc) is 2.51. The van der Waals surface area contributed by atoms with Gasteiger partial charge in [0.25, 0.3) is 0 Å². The average molecular weight is 218 g/mol. The number of rotatable bonds is 6. The Labute approximate surface area is 93.6 Å². The van der Waals surface area contributed by atoms with Gasteiger partial charge in [-0.1, -0.05) is 20.3 Å². The summed E-state index contributed by atoms with van der Waals surface area (Å²) in [5.74, 6) is 1.57. The van der Waals surface area contributed by atoms with Crippen LogP contribution in [0.1, 0.15) is 46.0 Å². The lowest BCUT2D eigenvalue weighted by Crippen LogP contribution is -2.26. The molecule has 0 aromatic carbocycles. The van der Waals surface area contributed by atoms with Crippen molar-refractivity contribution in [3.05, 3.63) is 0 Å². The lowest BCUT2D eigenvalue weighted by Gasteiger charge is -2.14. The van der Waals surface area contributed by atoms with E-state index in [1.165, 1.54) is 32.1 Å². The Hall–Kier alpha value is 0.250. The van der Waals surface area contributed by atoms with Crippen molar-refractivity contribution in [3.8, 4) is 0 Å². The van der Waals surface area contributed by atoms with Gasteiger partial charge in [0.1, 0.15) is 0 Å².